The van der Waals surface area contributed by atoms with Gasteiger partial charge in [0, 0.05) is 11.1 Å². The zero-order valence-electron chi connectivity index (χ0n) is 12.6. The minimum Gasteiger partial charge on any atom is -0.341 e. The molecule has 1 amide bonds. The van der Waals surface area contributed by atoms with Crippen LogP contribution in [-0.2, 0) is 5.66 Å². The van der Waals surface area contributed by atoms with Crippen molar-refractivity contribution in [2.45, 2.75) is 11.8 Å². The summed E-state index contributed by atoms with van der Waals surface area (Å²) in [4.78, 5) is 25.9. The van der Waals surface area contributed by atoms with E-state index in [1.165, 1.54) is 18.5 Å². The van der Waals surface area contributed by atoms with Gasteiger partial charge in [0.1, 0.15) is 5.52 Å². The lowest BCUT2D eigenvalue weighted by molar-refractivity contribution is -0.166. The number of carbonyl (C=O) groups is 1. The van der Waals surface area contributed by atoms with Crippen molar-refractivity contribution < 1.29 is 18.0 Å². The molecule has 1 aromatic carbocycles. The molecule has 0 atom stereocenters. The standard InChI is InChI=1S/C14H8F3N7OS/c15-14(16,17)13(23-24-13)7-3-1-6(2-4-7)10(25)21-12-20-9-8(11(26)22-12)18-5-19-9/h1-5H,(H3,18,19,20,21,22,25,26). The van der Waals surface area contributed by atoms with Crippen LogP contribution in [0.5, 0.6) is 0 Å². The van der Waals surface area contributed by atoms with Crippen molar-refractivity contribution >= 4 is 35.2 Å². The van der Waals surface area contributed by atoms with E-state index < -0.39 is 17.7 Å². The highest BCUT2D eigenvalue weighted by molar-refractivity contribution is 7.71. The Morgan fingerprint density at radius 3 is 2.50 bits per heavy atom. The van der Waals surface area contributed by atoms with Crippen LogP contribution in [0.2, 0.25) is 0 Å². The topological polar surface area (TPSA) is 111 Å². The Bertz CT molecular complexity index is 1090. The van der Waals surface area contributed by atoms with E-state index in [4.69, 9.17) is 12.2 Å². The molecule has 1 aliphatic rings. The number of imidazole rings is 1. The number of hydrogen-bond acceptors (Lipinski definition) is 6. The molecule has 132 valence electrons. The number of hydrogen-bond donors (Lipinski definition) is 3. The summed E-state index contributed by atoms with van der Waals surface area (Å²) in [7, 11) is 0. The monoisotopic (exact) mass is 379 g/mol. The van der Waals surface area contributed by atoms with Crippen LogP contribution >= 0.6 is 12.2 Å². The Morgan fingerprint density at radius 1 is 1.19 bits per heavy atom. The molecular weight excluding hydrogens is 371 g/mol. The average molecular weight is 379 g/mol. The lowest BCUT2D eigenvalue weighted by Crippen LogP contribution is -2.30. The predicted octanol–water partition coefficient (Wildman–Crippen LogP) is 3.45. The molecule has 3 heterocycles. The van der Waals surface area contributed by atoms with Crippen molar-refractivity contribution in [1.82, 2.24) is 19.9 Å². The minimum atomic E-state index is -4.62. The predicted molar refractivity (Wildman–Crippen MR) is 86.1 cm³/mol. The fraction of sp³-hybridized carbons (Fsp3) is 0.143. The first-order chi connectivity index (χ1) is 12.3. The second-order valence-corrected chi connectivity index (χ2v) is 5.80. The number of alkyl halides is 3. The lowest BCUT2D eigenvalue weighted by Gasteiger charge is -2.14. The number of aromatic nitrogens is 4. The summed E-state index contributed by atoms with van der Waals surface area (Å²) in [6, 6.07) is 4.83. The first-order valence-electron chi connectivity index (χ1n) is 7.16. The number of carbonyl (C=O) groups excluding carboxylic acids is 1. The molecule has 0 radical (unpaired) electrons. The molecule has 26 heavy (non-hydrogen) atoms. The van der Waals surface area contributed by atoms with Crippen LogP contribution in [-0.4, -0.2) is 32.0 Å². The van der Waals surface area contributed by atoms with Crippen LogP contribution in [0.15, 0.2) is 40.8 Å². The van der Waals surface area contributed by atoms with Crippen LogP contribution in [0.1, 0.15) is 15.9 Å². The Kier molecular flexibility index (Phi) is 3.41. The average Bonchev–Trinajstić information content (AvgIpc) is 3.28. The number of nitrogens with one attached hydrogen (secondary N) is 3. The molecule has 8 nitrogen and oxygen atoms in total. The van der Waals surface area contributed by atoms with Gasteiger partial charge in [0.05, 0.1) is 6.33 Å². The van der Waals surface area contributed by atoms with Crippen molar-refractivity contribution in [2.75, 3.05) is 5.32 Å². The summed E-state index contributed by atoms with van der Waals surface area (Å²) < 4.78 is 39.1. The van der Waals surface area contributed by atoms with Gasteiger partial charge in [-0.15, -0.1) is 10.2 Å². The zero-order chi connectivity index (χ0) is 18.5. The number of H-pyrrole nitrogens is 2. The second kappa shape index (κ2) is 5.42. The van der Waals surface area contributed by atoms with Gasteiger partial charge in [0.15, 0.2) is 10.3 Å². The number of aromatic amines is 2. The minimum absolute atomic E-state index is 0.0719. The van der Waals surface area contributed by atoms with Crippen LogP contribution in [0, 0.1) is 4.64 Å². The van der Waals surface area contributed by atoms with Crippen molar-refractivity contribution in [3.63, 3.8) is 0 Å². The largest absolute Gasteiger partial charge is 0.442 e. The molecule has 0 saturated heterocycles. The number of benzene rings is 1. The zero-order valence-corrected chi connectivity index (χ0v) is 13.4. The van der Waals surface area contributed by atoms with Crippen molar-refractivity contribution in [3.8, 4) is 0 Å². The van der Waals surface area contributed by atoms with Crippen LogP contribution < -0.4 is 5.32 Å². The molecule has 0 saturated carbocycles. The first-order valence-corrected chi connectivity index (χ1v) is 7.57. The van der Waals surface area contributed by atoms with Crippen LogP contribution in [0.3, 0.4) is 0 Å². The van der Waals surface area contributed by atoms with Crippen molar-refractivity contribution in [1.29, 1.82) is 0 Å². The van der Waals surface area contributed by atoms with E-state index in [0.29, 0.717) is 11.2 Å². The van der Waals surface area contributed by atoms with Gasteiger partial charge in [0.25, 0.3) is 5.91 Å². The Morgan fingerprint density at radius 2 is 1.88 bits per heavy atom. The molecule has 3 aromatic rings. The summed E-state index contributed by atoms with van der Waals surface area (Å²) in [5.41, 5.74) is -1.59. The number of amides is 1. The summed E-state index contributed by atoms with van der Waals surface area (Å²) >= 11 is 5.08. The molecule has 0 unspecified atom stereocenters. The summed E-state index contributed by atoms with van der Waals surface area (Å²) in [5, 5.41) is 8.72. The smallest absolute Gasteiger partial charge is 0.341 e. The highest BCUT2D eigenvalue weighted by atomic mass is 32.1. The summed E-state index contributed by atoms with van der Waals surface area (Å²) in [5.74, 6) is -0.502. The van der Waals surface area contributed by atoms with Gasteiger partial charge in [-0.25, -0.2) is 9.97 Å². The summed E-state index contributed by atoms with van der Waals surface area (Å²) in [6.45, 7) is 0. The molecule has 1 aliphatic heterocycles. The van der Waals surface area contributed by atoms with Crippen molar-refractivity contribution in [3.05, 3.63) is 46.4 Å². The van der Waals surface area contributed by atoms with E-state index in [0.717, 1.165) is 12.1 Å². The normalized spacial score (nSPS) is 15.2. The first kappa shape index (κ1) is 16.3. The highest BCUT2D eigenvalue weighted by Gasteiger charge is 2.65. The number of nitrogens with zero attached hydrogens (tertiary/aromatic N) is 4. The highest BCUT2D eigenvalue weighted by Crippen LogP contribution is 2.52. The number of fused-ring (bicyclic) bond motifs is 1. The molecule has 0 bridgehead atoms. The van der Waals surface area contributed by atoms with Gasteiger partial charge in [-0.05, 0) is 12.1 Å². The molecule has 12 heteroatoms. The quantitative estimate of drug-likeness (QED) is 0.605. The van der Waals surface area contributed by atoms with Gasteiger partial charge in [0.2, 0.25) is 5.95 Å². The third-order valence-electron chi connectivity index (χ3n) is 3.78. The van der Waals surface area contributed by atoms with Gasteiger partial charge < -0.3 is 9.97 Å². The number of halogens is 3. The molecule has 0 spiro atoms. The van der Waals surface area contributed by atoms with E-state index in [1.54, 1.807) is 0 Å². The molecule has 2 aromatic heterocycles. The van der Waals surface area contributed by atoms with Gasteiger partial charge in [-0.1, -0.05) is 24.4 Å². The van der Waals surface area contributed by atoms with Gasteiger partial charge >= 0.3 is 11.8 Å². The van der Waals surface area contributed by atoms with E-state index in [9.17, 15) is 18.0 Å². The second-order valence-electron chi connectivity index (χ2n) is 5.42. The molecule has 0 fully saturated rings. The molecule has 3 N–H and O–H groups in total. The fourth-order valence-corrected chi connectivity index (χ4v) is 2.63. The number of anilines is 1. The Labute approximate surface area is 147 Å². The van der Waals surface area contributed by atoms with E-state index in [-0.39, 0.29) is 21.7 Å². The lowest BCUT2D eigenvalue weighted by atomic mass is 10.0. The maximum absolute atomic E-state index is 13.0. The number of rotatable bonds is 3. The SMILES string of the molecule is O=C(Nc1nc(=S)c2[nH]cnc2[nH]1)c1ccc(C2(C(F)(F)F)N=N2)cc1. The van der Waals surface area contributed by atoms with E-state index >= 15 is 0 Å². The third-order valence-corrected chi connectivity index (χ3v) is 4.08. The van der Waals surface area contributed by atoms with Crippen molar-refractivity contribution in [2.24, 2.45) is 10.2 Å². The van der Waals surface area contributed by atoms with Gasteiger partial charge in [-0.3, -0.25) is 10.1 Å². The Balaban J connectivity index is 1.56. The molecule has 0 aliphatic carbocycles. The summed E-state index contributed by atoms with van der Waals surface area (Å²) in [6.07, 6.45) is -3.19. The maximum atomic E-state index is 13.0. The fourth-order valence-electron chi connectivity index (χ4n) is 2.39. The van der Waals surface area contributed by atoms with E-state index in [2.05, 4.69) is 35.5 Å². The molecule has 4 rings (SSSR count). The maximum Gasteiger partial charge on any atom is 0.442 e. The van der Waals surface area contributed by atoms with Crippen LogP contribution in [0.25, 0.3) is 11.2 Å². The molecular formula is C14H8F3N7OS. The third kappa shape index (κ3) is 2.54. The Hall–Kier alpha value is -3.15. The van der Waals surface area contributed by atoms with E-state index in [1.807, 2.05) is 0 Å². The van der Waals surface area contributed by atoms with Crippen LogP contribution in [0.4, 0.5) is 19.1 Å². The van der Waals surface area contributed by atoms with Gasteiger partial charge in [-0.2, -0.15) is 13.2 Å².